The molecule has 0 aliphatic heterocycles. The summed E-state index contributed by atoms with van der Waals surface area (Å²) in [6.45, 7) is 1.93. The van der Waals surface area contributed by atoms with E-state index in [2.05, 4.69) is 0 Å². The molecule has 0 aliphatic rings. The van der Waals surface area contributed by atoms with Gasteiger partial charge in [0.05, 0.1) is 0 Å². The predicted molar refractivity (Wildman–Crippen MR) is 16.4 cm³/mol. The number of aliphatic hydroxyl groups is 1. The molecule has 0 heterocycles. The smallest absolute Gasteiger partial charge is 0.0402 e. The van der Waals surface area contributed by atoms with Crippen molar-refractivity contribution in [2.24, 2.45) is 0 Å². The van der Waals surface area contributed by atoms with Gasteiger partial charge in [0.25, 0.3) is 0 Å². The Balaban J connectivity index is -0.0000000200. The maximum absolute atomic E-state index is 7.57. The first-order valence-corrected chi connectivity index (χ1v) is 1.02. The molecule has 0 aromatic carbocycles. The Labute approximate surface area is 50.6 Å². The van der Waals surface area contributed by atoms with Crippen molar-refractivity contribution in [1.29, 1.82) is 0 Å². The first kappa shape index (κ1) is 17.0. The second-order valence-electron chi connectivity index (χ2n) is 0.316. The molecule has 0 fully saturated rings. The van der Waals surface area contributed by atoms with Crippen LogP contribution in [-0.4, -0.2) is 17.2 Å². The van der Waals surface area contributed by atoms with E-state index in [-0.39, 0.29) is 38.3 Å². The maximum Gasteiger partial charge on any atom is 0.0402 e. The van der Waals surface area contributed by atoms with E-state index in [9.17, 15) is 0 Å². The molecule has 2 nitrogen and oxygen atoms in total. The SMILES string of the molecule is CCO.O.[Zr]. The van der Waals surface area contributed by atoms with Crippen LogP contribution in [0.2, 0.25) is 0 Å². The molecule has 0 aliphatic carbocycles. The summed E-state index contributed by atoms with van der Waals surface area (Å²) in [7, 11) is 0. The predicted octanol–water partition coefficient (Wildman–Crippen LogP) is -0.829. The fraction of sp³-hybridized carbons (Fsp3) is 1.00. The molecule has 0 spiro atoms. The number of rotatable bonds is 0. The normalized spacial score (nSPS) is 3.60. The van der Waals surface area contributed by atoms with Crippen LogP contribution in [0.1, 0.15) is 6.92 Å². The van der Waals surface area contributed by atoms with Crippen LogP contribution in [0.3, 0.4) is 0 Å². The van der Waals surface area contributed by atoms with Gasteiger partial charge in [0, 0.05) is 32.8 Å². The topological polar surface area (TPSA) is 51.7 Å². The van der Waals surface area contributed by atoms with E-state index in [1.807, 2.05) is 0 Å². The molecule has 3 N–H and O–H groups in total. The molecule has 0 saturated heterocycles. The third-order valence-corrected chi connectivity index (χ3v) is 0. The van der Waals surface area contributed by atoms with Gasteiger partial charge in [-0.25, -0.2) is 0 Å². The average molecular weight is 155 g/mol. The Kier molecular flexibility index (Phi) is 72.8. The second kappa shape index (κ2) is 21.4. The Bertz CT molecular complexity index is 7.61. The van der Waals surface area contributed by atoms with Crippen LogP contribution in [0, 0.1) is 0 Å². The van der Waals surface area contributed by atoms with Crippen LogP contribution in [0.4, 0.5) is 0 Å². The van der Waals surface area contributed by atoms with Gasteiger partial charge in [-0.05, 0) is 6.92 Å². The third-order valence-electron chi connectivity index (χ3n) is 0. The summed E-state index contributed by atoms with van der Waals surface area (Å²) in [6.07, 6.45) is 0. The van der Waals surface area contributed by atoms with Crippen molar-refractivity contribution < 1.29 is 36.8 Å². The molecule has 0 saturated carbocycles. The van der Waals surface area contributed by atoms with Crippen LogP contribution in [0.25, 0.3) is 0 Å². The Morgan fingerprint density at radius 3 is 1.60 bits per heavy atom. The van der Waals surface area contributed by atoms with Crippen molar-refractivity contribution in [2.45, 2.75) is 6.92 Å². The molecule has 0 atom stereocenters. The van der Waals surface area contributed by atoms with Crippen LogP contribution in [0.15, 0.2) is 0 Å². The monoisotopic (exact) mass is 154 g/mol. The largest absolute Gasteiger partial charge is 0.412 e. The van der Waals surface area contributed by atoms with Gasteiger partial charge in [-0.1, -0.05) is 0 Å². The van der Waals surface area contributed by atoms with Crippen LogP contribution >= 0.6 is 0 Å². The molecule has 0 bridgehead atoms. The minimum absolute atomic E-state index is 0. The van der Waals surface area contributed by atoms with E-state index in [4.69, 9.17) is 5.11 Å². The molecule has 0 radical (unpaired) electrons. The standard InChI is InChI=1S/C2H6O.H2O.Zr/c1-2-3;;/h3H,2H2,1H3;1H2;. The summed E-state index contributed by atoms with van der Waals surface area (Å²) in [5, 5.41) is 7.57. The summed E-state index contributed by atoms with van der Waals surface area (Å²) in [4.78, 5) is 0. The molecule has 0 amide bonds. The van der Waals surface area contributed by atoms with Crippen molar-refractivity contribution in [3.8, 4) is 0 Å². The zero-order valence-corrected chi connectivity index (χ0v) is 5.61. The average Bonchev–Trinajstić information content (AvgIpc) is 0.918. The fourth-order valence-corrected chi connectivity index (χ4v) is 0. The molecular formula is C2H8O2Zr. The van der Waals surface area contributed by atoms with E-state index < -0.39 is 0 Å². The number of aliphatic hydroxyl groups excluding tert-OH is 1. The van der Waals surface area contributed by atoms with E-state index in [1.165, 1.54) is 0 Å². The first-order valence-electron chi connectivity index (χ1n) is 1.02. The molecular weight excluding hydrogens is 147 g/mol. The van der Waals surface area contributed by atoms with Crippen LogP contribution in [0.5, 0.6) is 0 Å². The fourth-order valence-electron chi connectivity index (χ4n) is 0. The van der Waals surface area contributed by atoms with Gasteiger partial charge in [-0.2, -0.15) is 0 Å². The Hall–Kier alpha value is 0.803. The summed E-state index contributed by atoms with van der Waals surface area (Å²) < 4.78 is 0. The van der Waals surface area contributed by atoms with Gasteiger partial charge < -0.3 is 10.6 Å². The molecule has 3 heteroatoms. The first-order chi connectivity index (χ1) is 1.41. The van der Waals surface area contributed by atoms with Gasteiger partial charge >= 0.3 is 0 Å². The third kappa shape index (κ3) is 58.5. The molecule has 0 aromatic heterocycles. The van der Waals surface area contributed by atoms with Crippen molar-refractivity contribution in [3.63, 3.8) is 0 Å². The molecule has 0 unspecified atom stereocenters. The van der Waals surface area contributed by atoms with Gasteiger partial charge in [-0.3, -0.25) is 0 Å². The van der Waals surface area contributed by atoms with Gasteiger partial charge in [-0.15, -0.1) is 0 Å². The zero-order chi connectivity index (χ0) is 2.71. The zero-order valence-electron chi connectivity index (χ0n) is 3.15. The Morgan fingerprint density at radius 2 is 1.60 bits per heavy atom. The summed E-state index contributed by atoms with van der Waals surface area (Å²) in [6, 6.07) is 0. The number of hydrogen-bond acceptors (Lipinski definition) is 1. The molecule has 0 rings (SSSR count). The van der Waals surface area contributed by atoms with Crippen LogP contribution < -0.4 is 0 Å². The van der Waals surface area contributed by atoms with Gasteiger partial charge in [0.15, 0.2) is 0 Å². The van der Waals surface area contributed by atoms with Gasteiger partial charge in [0.2, 0.25) is 0 Å². The van der Waals surface area contributed by atoms with Crippen molar-refractivity contribution in [2.75, 3.05) is 6.61 Å². The second-order valence-corrected chi connectivity index (χ2v) is 0.316. The summed E-state index contributed by atoms with van der Waals surface area (Å²) in [5.41, 5.74) is 0. The van der Waals surface area contributed by atoms with Crippen molar-refractivity contribution >= 4 is 0 Å². The Morgan fingerprint density at radius 1 is 1.60 bits per heavy atom. The summed E-state index contributed by atoms with van der Waals surface area (Å²) in [5.74, 6) is 0. The van der Waals surface area contributed by atoms with Crippen LogP contribution in [-0.2, 0) is 26.2 Å². The van der Waals surface area contributed by atoms with Crippen molar-refractivity contribution in [3.05, 3.63) is 0 Å². The van der Waals surface area contributed by atoms with Crippen molar-refractivity contribution in [1.82, 2.24) is 0 Å². The molecule has 32 valence electrons. The molecule has 5 heavy (non-hydrogen) atoms. The van der Waals surface area contributed by atoms with Gasteiger partial charge in [0.1, 0.15) is 0 Å². The minimum atomic E-state index is 0. The van der Waals surface area contributed by atoms with E-state index in [1.54, 1.807) is 6.92 Å². The quantitative estimate of drug-likeness (QED) is 0.488. The summed E-state index contributed by atoms with van der Waals surface area (Å²) >= 11 is 0. The van der Waals surface area contributed by atoms with E-state index in [0.29, 0.717) is 0 Å². The molecule has 0 aromatic rings. The van der Waals surface area contributed by atoms with E-state index >= 15 is 0 Å². The maximum atomic E-state index is 7.57. The van der Waals surface area contributed by atoms with E-state index in [0.717, 1.165) is 0 Å². The number of hydrogen-bond donors (Lipinski definition) is 1. The minimum Gasteiger partial charge on any atom is -0.412 e.